The number of amides is 3. The number of nitrogens with zero attached hydrogens (tertiary/aromatic N) is 2. The van der Waals surface area contributed by atoms with E-state index in [1.165, 1.54) is 11.9 Å². The van der Waals surface area contributed by atoms with Gasteiger partial charge in [0.2, 0.25) is 0 Å². The second-order valence-electron chi connectivity index (χ2n) is 7.32. The molecule has 0 spiro atoms. The Morgan fingerprint density at radius 1 is 1.07 bits per heavy atom. The first kappa shape index (κ1) is 21.0. The van der Waals surface area contributed by atoms with E-state index in [0.717, 1.165) is 28.9 Å². The fourth-order valence-electron chi connectivity index (χ4n) is 3.44. The van der Waals surface area contributed by atoms with Crippen LogP contribution >= 0.6 is 0 Å². The summed E-state index contributed by atoms with van der Waals surface area (Å²) in [5.41, 5.74) is 2.44. The lowest BCUT2D eigenvalue weighted by molar-refractivity contribution is -0.127. The minimum Gasteiger partial charge on any atom is -0.388 e. The second kappa shape index (κ2) is 9.67. The van der Waals surface area contributed by atoms with Crippen molar-refractivity contribution in [3.05, 3.63) is 65.7 Å². The number of carbonyl (C=O) groups excluding carboxylic acids is 2. The smallest absolute Gasteiger partial charge is 0.331 e. The predicted molar refractivity (Wildman–Crippen MR) is 111 cm³/mol. The Kier molecular flexibility index (Phi) is 7.01. The fraction of sp³-hybridized carbons (Fsp3) is 0.391. The molecule has 2 aromatic rings. The van der Waals surface area contributed by atoms with Gasteiger partial charge in [0.25, 0.3) is 5.91 Å². The van der Waals surface area contributed by atoms with Crippen LogP contribution in [0.5, 0.6) is 0 Å². The maximum Gasteiger partial charge on any atom is 0.331 e. The third-order valence-corrected chi connectivity index (χ3v) is 5.19. The zero-order chi connectivity index (χ0) is 20.8. The topological polar surface area (TPSA) is 70.1 Å². The Balaban J connectivity index is 1.70. The zero-order valence-electron chi connectivity index (χ0n) is 17.0. The van der Waals surface area contributed by atoms with E-state index in [0.29, 0.717) is 18.7 Å². The lowest BCUT2D eigenvalue weighted by atomic mass is 10.0. The molecule has 6 nitrogen and oxygen atoms in total. The number of hydrogen-bond donors (Lipinski definition) is 1. The van der Waals surface area contributed by atoms with Gasteiger partial charge in [-0.2, -0.15) is 0 Å². The summed E-state index contributed by atoms with van der Waals surface area (Å²) in [5, 5.41) is 10.3. The molecule has 1 aliphatic rings. The summed E-state index contributed by atoms with van der Waals surface area (Å²) in [6.07, 6.45) is 2.16. The van der Waals surface area contributed by atoms with E-state index in [1.54, 1.807) is 12.1 Å². The number of urea groups is 1. The average Bonchev–Trinajstić information content (AvgIpc) is 2.96. The number of hydrogen-bond acceptors (Lipinski definition) is 4. The highest BCUT2D eigenvalue weighted by Crippen LogP contribution is 2.28. The van der Waals surface area contributed by atoms with E-state index >= 15 is 0 Å². The second-order valence-corrected chi connectivity index (χ2v) is 7.32. The Bertz CT molecular complexity index is 823. The van der Waals surface area contributed by atoms with Gasteiger partial charge in [0, 0.05) is 12.7 Å². The Morgan fingerprint density at radius 3 is 2.41 bits per heavy atom. The number of carbonyl (C=O) groups is 2. The Hall–Kier alpha value is -2.70. The molecule has 1 saturated heterocycles. The van der Waals surface area contributed by atoms with E-state index in [9.17, 15) is 14.7 Å². The number of aliphatic hydroxyl groups is 1. The molecule has 2 atom stereocenters. The fourth-order valence-corrected chi connectivity index (χ4v) is 3.44. The molecule has 2 aromatic carbocycles. The number of aliphatic hydroxyl groups excluding tert-OH is 1. The van der Waals surface area contributed by atoms with Crippen LogP contribution in [0.25, 0.3) is 0 Å². The van der Waals surface area contributed by atoms with Gasteiger partial charge in [-0.05, 0) is 29.7 Å². The molecule has 3 amide bonds. The number of benzene rings is 2. The highest BCUT2D eigenvalue weighted by atomic mass is 16.5. The molecular weight excluding hydrogens is 368 g/mol. The van der Waals surface area contributed by atoms with Crippen LogP contribution in [0.4, 0.5) is 10.5 Å². The van der Waals surface area contributed by atoms with Gasteiger partial charge in [-0.1, -0.05) is 62.2 Å². The van der Waals surface area contributed by atoms with Gasteiger partial charge in [-0.25, -0.2) is 4.79 Å². The van der Waals surface area contributed by atoms with Crippen molar-refractivity contribution in [1.82, 2.24) is 4.90 Å². The zero-order valence-corrected chi connectivity index (χ0v) is 17.0. The summed E-state index contributed by atoms with van der Waals surface area (Å²) in [6.45, 7) is 2.58. The van der Waals surface area contributed by atoms with Crippen LogP contribution in [0.3, 0.4) is 0 Å². The lowest BCUT2D eigenvalue weighted by Crippen LogP contribution is -2.38. The van der Waals surface area contributed by atoms with Crippen LogP contribution in [-0.4, -0.2) is 41.6 Å². The number of likely N-dealkylation sites (N-methyl/N-ethyl adjacent to an activating group) is 1. The summed E-state index contributed by atoms with van der Waals surface area (Å²) in [6, 6.07) is 15.8. The molecule has 0 bridgehead atoms. The first-order valence-corrected chi connectivity index (χ1v) is 10.0. The van der Waals surface area contributed by atoms with Gasteiger partial charge in [0.1, 0.15) is 6.04 Å². The van der Waals surface area contributed by atoms with Crippen molar-refractivity contribution in [3.8, 4) is 0 Å². The molecule has 29 heavy (non-hydrogen) atoms. The molecule has 1 heterocycles. The minimum absolute atomic E-state index is 0.116. The SMILES string of the molecule is CCCCC(O)c1ccc(N2C(=O)N(C)C(=O)C2COCc2ccccc2)cc1. The van der Waals surface area contributed by atoms with Crippen molar-refractivity contribution in [3.63, 3.8) is 0 Å². The first-order valence-electron chi connectivity index (χ1n) is 10.0. The quantitative estimate of drug-likeness (QED) is 0.653. The summed E-state index contributed by atoms with van der Waals surface area (Å²) in [5.74, 6) is -0.282. The van der Waals surface area contributed by atoms with Gasteiger partial charge in [0.05, 0.1) is 19.3 Å². The molecule has 1 N–H and O–H groups in total. The molecule has 6 heteroatoms. The molecule has 154 valence electrons. The minimum atomic E-state index is -0.702. The van der Waals surface area contributed by atoms with Crippen molar-refractivity contribution in [2.45, 2.75) is 44.9 Å². The summed E-state index contributed by atoms with van der Waals surface area (Å²) in [4.78, 5) is 27.8. The van der Waals surface area contributed by atoms with Crippen LogP contribution < -0.4 is 4.90 Å². The predicted octanol–water partition coefficient (Wildman–Crippen LogP) is 3.89. The monoisotopic (exact) mass is 396 g/mol. The molecule has 0 aromatic heterocycles. The number of unbranched alkanes of at least 4 members (excludes halogenated alkanes) is 1. The van der Waals surface area contributed by atoms with Crippen molar-refractivity contribution in [2.75, 3.05) is 18.6 Å². The molecule has 3 rings (SSSR count). The Labute approximate surface area is 171 Å². The molecule has 1 aliphatic heterocycles. The van der Waals surface area contributed by atoms with Crippen LogP contribution in [0.15, 0.2) is 54.6 Å². The summed E-state index contributed by atoms with van der Waals surface area (Å²) in [7, 11) is 1.48. The van der Waals surface area contributed by atoms with Crippen molar-refractivity contribution < 1.29 is 19.4 Å². The van der Waals surface area contributed by atoms with Crippen LogP contribution in [0.2, 0.25) is 0 Å². The van der Waals surface area contributed by atoms with Gasteiger partial charge in [0.15, 0.2) is 0 Å². The highest BCUT2D eigenvalue weighted by molar-refractivity contribution is 6.14. The standard InChI is InChI=1S/C23H28N2O4/c1-3-4-10-21(26)18-11-13-19(14-12-18)25-20(22(27)24(2)23(25)28)16-29-15-17-8-6-5-7-9-17/h5-9,11-14,20-21,26H,3-4,10,15-16H2,1-2H3. The van der Waals surface area contributed by atoms with E-state index in [4.69, 9.17) is 4.74 Å². The number of ether oxygens (including phenoxy) is 1. The lowest BCUT2D eigenvalue weighted by Gasteiger charge is -2.22. The van der Waals surface area contributed by atoms with Crippen LogP contribution in [0, 0.1) is 0 Å². The normalized spacial score (nSPS) is 17.8. The molecule has 0 radical (unpaired) electrons. The van der Waals surface area contributed by atoms with Gasteiger partial charge in [-0.3, -0.25) is 14.6 Å². The molecule has 2 unspecified atom stereocenters. The van der Waals surface area contributed by atoms with Crippen molar-refractivity contribution >= 4 is 17.6 Å². The largest absolute Gasteiger partial charge is 0.388 e. The highest BCUT2D eigenvalue weighted by Gasteiger charge is 2.44. The maximum absolute atomic E-state index is 12.6. The number of imide groups is 1. The first-order chi connectivity index (χ1) is 14.0. The van der Waals surface area contributed by atoms with E-state index in [1.807, 2.05) is 42.5 Å². The van der Waals surface area contributed by atoms with Crippen LogP contribution in [-0.2, 0) is 16.1 Å². The average molecular weight is 396 g/mol. The van der Waals surface area contributed by atoms with Gasteiger partial charge in [-0.15, -0.1) is 0 Å². The van der Waals surface area contributed by atoms with E-state index in [2.05, 4.69) is 6.92 Å². The van der Waals surface area contributed by atoms with E-state index < -0.39 is 12.1 Å². The number of rotatable bonds is 9. The third kappa shape index (κ3) is 4.83. The van der Waals surface area contributed by atoms with E-state index in [-0.39, 0.29) is 18.5 Å². The number of anilines is 1. The van der Waals surface area contributed by atoms with Crippen LogP contribution in [0.1, 0.15) is 43.4 Å². The summed E-state index contributed by atoms with van der Waals surface area (Å²) >= 11 is 0. The molecule has 1 fully saturated rings. The summed E-state index contributed by atoms with van der Waals surface area (Å²) < 4.78 is 5.75. The molecule has 0 aliphatic carbocycles. The molecular formula is C23H28N2O4. The molecule has 0 saturated carbocycles. The maximum atomic E-state index is 12.6. The Morgan fingerprint density at radius 2 is 1.76 bits per heavy atom. The third-order valence-electron chi connectivity index (χ3n) is 5.19. The van der Waals surface area contributed by atoms with Crippen molar-refractivity contribution in [1.29, 1.82) is 0 Å². The van der Waals surface area contributed by atoms with Gasteiger partial charge < -0.3 is 9.84 Å². The van der Waals surface area contributed by atoms with Gasteiger partial charge >= 0.3 is 6.03 Å². The van der Waals surface area contributed by atoms with Crippen molar-refractivity contribution in [2.24, 2.45) is 0 Å².